The second-order valence-corrected chi connectivity index (χ2v) is 11.8. The molecule has 0 aliphatic carbocycles. The molecular weight excluding hydrogens is 423 g/mol. The van der Waals surface area contributed by atoms with Crippen LogP contribution in [-0.2, 0) is 6.54 Å². The molecule has 0 atom stereocenters. The number of benzene rings is 4. The van der Waals surface area contributed by atoms with Crippen LogP contribution in [0.1, 0.15) is 12.5 Å². The van der Waals surface area contributed by atoms with Crippen LogP contribution in [-0.4, -0.2) is 11.8 Å². The van der Waals surface area contributed by atoms with Crippen molar-refractivity contribution in [1.82, 2.24) is 10.6 Å². The zero-order valence-electron chi connectivity index (χ0n) is 18.7. The summed E-state index contributed by atoms with van der Waals surface area (Å²) < 4.78 is 0. The maximum atomic E-state index is 7.89. The summed E-state index contributed by atoms with van der Waals surface area (Å²) in [7, 11) is -2.49. The van der Waals surface area contributed by atoms with E-state index in [0.717, 1.165) is 5.56 Å². The number of hydrogen-bond acceptors (Lipinski definition) is 2. The van der Waals surface area contributed by atoms with Crippen LogP contribution in [0.25, 0.3) is 0 Å². The summed E-state index contributed by atoms with van der Waals surface area (Å²) in [6, 6.07) is 41.3. The molecule has 5 heteroatoms. The Morgan fingerprint density at radius 1 is 0.606 bits per heavy atom. The van der Waals surface area contributed by atoms with Crippen LogP contribution in [0.4, 0.5) is 0 Å². The van der Waals surface area contributed by atoms with Gasteiger partial charge < -0.3 is 0 Å². The van der Waals surface area contributed by atoms with E-state index in [-0.39, 0.29) is 11.8 Å². The van der Waals surface area contributed by atoms with Crippen molar-refractivity contribution in [1.29, 1.82) is 10.8 Å². The number of amidine groups is 1. The summed E-state index contributed by atoms with van der Waals surface area (Å²) in [5, 5.41) is 26.4. The second-order valence-electron chi connectivity index (χ2n) is 8.02. The van der Waals surface area contributed by atoms with Crippen molar-refractivity contribution in [3.63, 3.8) is 0 Å². The Morgan fingerprint density at radius 2 is 1.00 bits per heavy atom. The molecule has 0 saturated heterocycles. The Bertz CT molecular complexity index is 1110. The van der Waals surface area contributed by atoms with E-state index in [9.17, 15) is 0 Å². The summed E-state index contributed by atoms with van der Waals surface area (Å²) in [5.74, 6) is 0.375. The summed E-state index contributed by atoms with van der Waals surface area (Å²) in [6.45, 7) is 2.14. The van der Waals surface area contributed by atoms with Crippen molar-refractivity contribution in [2.75, 3.05) is 0 Å². The van der Waals surface area contributed by atoms with E-state index in [2.05, 4.69) is 126 Å². The molecule has 166 valence electrons. The predicted molar refractivity (Wildman–Crippen MR) is 144 cm³/mol. The molecule has 4 rings (SSSR count). The molecule has 4 N–H and O–H groups in total. The average molecular weight is 453 g/mol. The first-order valence-corrected chi connectivity index (χ1v) is 13.0. The molecule has 0 fully saturated rings. The van der Waals surface area contributed by atoms with Gasteiger partial charge in [0.2, 0.25) is 0 Å². The Morgan fingerprint density at radius 3 is 1.39 bits per heavy atom. The van der Waals surface area contributed by atoms with Gasteiger partial charge in [0.15, 0.2) is 0 Å². The summed E-state index contributed by atoms with van der Waals surface area (Å²) in [6.07, 6.45) is 0. The van der Waals surface area contributed by atoms with Crippen molar-refractivity contribution in [3.05, 3.63) is 121 Å². The number of guanidine groups is 1. The predicted octanol–water partition coefficient (Wildman–Crippen LogP) is 3.65. The Kier molecular flexibility index (Phi) is 6.97. The molecule has 0 radical (unpaired) electrons. The molecule has 4 nitrogen and oxygen atoms in total. The molecule has 0 aliphatic heterocycles. The van der Waals surface area contributed by atoms with Gasteiger partial charge in [0.25, 0.3) is 0 Å². The van der Waals surface area contributed by atoms with Crippen LogP contribution < -0.4 is 31.9 Å². The van der Waals surface area contributed by atoms with Crippen molar-refractivity contribution < 1.29 is 0 Å². The van der Waals surface area contributed by atoms with E-state index in [0.29, 0.717) is 6.54 Å². The third-order valence-corrected chi connectivity index (χ3v) is 10.6. The fourth-order valence-corrected chi connectivity index (χ4v) is 9.10. The van der Waals surface area contributed by atoms with Gasteiger partial charge in [-0.2, -0.15) is 0 Å². The molecule has 0 heterocycles. The number of hydrogen-bond donors (Lipinski definition) is 4. The fourth-order valence-electron chi connectivity index (χ4n) is 4.36. The van der Waals surface area contributed by atoms with Gasteiger partial charge in [-0.25, -0.2) is 0 Å². The minimum atomic E-state index is -2.49. The molecule has 0 saturated carbocycles. The fraction of sp³-hybridized carbons (Fsp3) is 0.0714. The molecular formula is C28H29N4P. The molecule has 0 amide bonds. The maximum absolute atomic E-state index is 7.89. The molecule has 4 aromatic carbocycles. The van der Waals surface area contributed by atoms with Crippen molar-refractivity contribution in [2.45, 2.75) is 13.5 Å². The molecule has 0 unspecified atom stereocenters. The third-order valence-electron chi connectivity index (χ3n) is 5.79. The average Bonchev–Trinajstić information content (AvgIpc) is 2.86. The van der Waals surface area contributed by atoms with Crippen LogP contribution in [0, 0.1) is 10.8 Å². The van der Waals surface area contributed by atoms with E-state index in [1.54, 1.807) is 6.92 Å². The van der Waals surface area contributed by atoms with E-state index in [1.807, 2.05) is 0 Å². The van der Waals surface area contributed by atoms with E-state index in [1.165, 1.54) is 21.2 Å². The zero-order valence-corrected chi connectivity index (χ0v) is 19.7. The molecule has 0 aromatic heterocycles. The van der Waals surface area contributed by atoms with Gasteiger partial charge in [-0.15, -0.1) is 0 Å². The Hall–Kier alpha value is -3.75. The van der Waals surface area contributed by atoms with E-state index < -0.39 is 7.26 Å². The van der Waals surface area contributed by atoms with Crippen LogP contribution in [0.15, 0.2) is 115 Å². The van der Waals surface area contributed by atoms with Crippen molar-refractivity contribution >= 4 is 40.3 Å². The van der Waals surface area contributed by atoms with Gasteiger partial charge in [0.05, 0.1) is 0 Å². The standard InChI is InChI=1S/C28H29N4P/c1-22(29)32-28(30)31-21-23-17-19-27(20-18-23)33(24-11-5-2-6-12-24,25-13-7-3-8-14-25)26-15-9-4-10-16-26/h2-20,33H,21H2,1H3,(H4,29,30,31,32). The molecule has 33 heavy (non-hydrogen) atoms. The first-order chi connectivity index (χ1) is 16.1. The topological polar surface area (TPSA) is 71.8 Å². The van der Waals surface area contributed by atoms with Gasteiger partial charge in [-0.3, -0.25) is 0 Å². The van der Waals surface area contributed by atoms with Crippen LogP contribution in [0.3, 0.4) is 0 Å². The van der Waals surface area contributed by atoms with Gasteiger partial charge in [-0.1, -0.05) is 0 Å². The third kappa shape index (κ3) is 4.87. The number of rotatable bonds is 6. The monoisotopic (exact) mass is 452 g/mol. The molecule has 4 aromatic rings. The van der Waals surface area contributed by atoms with Gasteiger partial charge in [0, 0.05) is 0 Å². The zero-order chi connectivity index (χ0) is 23.1. The number of nitrogens with one attached hydrogen (secondary N) is 4. The quantitative estimate of drug-likeness (QED) is 0.205. The van der Waals surface area contributed by atoms with Crippen LogP contribution in [0.2, 0.25) is 0 Å². The van der Waals surface area contributed by atoms with Gasteiger partial charge in [-0.05, 0) is 0 Å². The molecule has 0 aliphatic rings. The van der Waals surface area contributed by atoms with Gasteiger partial charge >= 0.3 is 196 Å². The second kappa shape index (κ2) is 10.2. The first kappa shape index (κ1) is 22.4. The molecule has 0 spiro atoms. The Labute approximate surface area is 196 Å². The SMILES string of the molecule is CC(=N)NC(=N)NCc1ccc([PH](c2ccccc2)(c2ccccc2)c2ccccc2)cc1. The van der Waals surface area contributed by atoms with Crippen molar-refractivity contribution in [3.8, 4) is 0 Å². The first-order valence-electron chi connectivity index (χ1n) is 11.0. The van der Waals surface area contributed by atoms with Crippen molar-refractivity contribution in [2.24, 2.45) is 0 Å². The Balaban J connectivity index is 1.81. The normalized spacial score (nSPS) is 11.4. The summed E-state index contributed by atoms with van der Waals surface area (Å²) in [5.41, 5.74) is 1.09. The summed E-state index contributed by atoms with van der Waals surface area (Å²) in [4.78, 5) is 0. The van der Waals surface area contributed by atoms with Crippen LogP contribution >= 0.6 is 7.26 Å². The van der Waals surface area contributed by atoms with Gasteiger partial charge in [0.1, 0.15) is 0 Å². The minimum absolute atomic E-state index is 0.133. The van der Waals surface area contributed by atoms with E-state index >= 15 is 0 Å². The van der Waals surface area contributed by atoms with E-state index in [4.69, 9.17) is 10.8 Å². The molecule has 0 bridgehead atoms. The summed E-state index contributed by atoms with van der Waals surface area (Å²) >= 11 is 0. The van der Waals surface area contributed by atoms with Crippen LogP contribution in [0.5, 0.6) is 0 Å².